The van der Waals surface area contributed by atoms with Crippen LogP contribution in [-0.4, -0.2) is 40.3 Å². The van der Waals surface area contributed by atoms with Crippen LogP contribution in [-0.2, 0) is 0 Å². The maximum atomic E-state index is 5.46. The van der Waals surface area contributed by atoms with Crippen LogP contribution >= 0.6 is 0 Å². The lowest BCUT2D eigenvalue weighted by atomic mass is 9.95. The van der Waals surface area contributed by atoms with Gasteiger partial charge in [-0.15, -0.1) is 0 Å². The lowest BCUT2D eigenvalue weighted by Gasteiger charge is -2.22. The van der Waals surface area contributed by atoms with Gasteiger partial charge >= 0.3 is 0 Å². The largest absolute Gasteiger partial charge is 0.497 e. The Balaban J connectivity index is 1.61. The molecule has 0 N–H and O–H groups in total. The van der Waals surface area contributed by atoms with E-state index in [4.69, 9.17) is 19.4 Å². The summed E-state index contributed by atoms with van der Waals surface area (Å²) in [6, 6.07) is 38.1. The van der Waals surface area contributed by atoms with Gasteiger partial charge in [0.15, 0.2) is 0 Å². The second-order valence-electron chi connectivity index (χ2n) is 12.0. The van der Waals surface area contributed by atoms with Crippen LogP contribution in [0.15, 0.2) is 133 Å². The number of aromatic nitrogens is 2. The van der Waals surface area contributed by atoms with E-state index in [0.29, 0.717) is 0 Å². The molecule has 0 aliphatic heterocycles. The van der Waals surface area contributed by atoms with E-state index in [0.717, 1.165) is 33.3 Å². The molecule has 6 heteroatoms. The van der Waals surface area contributed by atoms with Crippen LogP contribution in [0.4, 0.5) is 0 Å². The first-order valence-electron chi connectivity index (χ1n) is 14.9. The first-order chi connectivity index (χ1) is 21.2. The van der Waals surface area contributed by atoms with Gasteiger partial charge in [-0.2, -0.15) is 0 Å². The molecular weight excluding hydrogens is 573 g/mol. The summed E-state index contributed by atoms with van der Waals surface area (Å²) in [4.78, 5) is 9.48. The van der Waals surface area contributed by atoms with E-state index in [1.54, 1.807) is 14.2 Å². The van der Waals surface area contributed by atoms with E-state index in [1.165, 1.54) is 22.3 Å². The van der Waals surface area contributed by atoms with Crippen LogP contribution in [0.5, 0.6) is 11.5 Å². The van der Waals surface area contributed by atoms with Crippen LogP contribution < -0.4 is 20.1 Å². The first-order valence-corrected chi connectivity index (χ1v) is 21.0. The second-order valence-corrected chi connectivity index (χ2v) is 20.5. The van der Waals surface area contributed by atoms with Crippen molar-refractivity contribution in [3.63, 3.8) is 0 Å². The molecule has 0 aliphatic carbocycles. The molecule has 0 radical (unpaired) electrons. The molecule has 44 heavy (non-hydrogen) atoms. The van der Waals surface area contributed by atoms with Crippen molar-refractivity contribution in [2.24, 2.45) is 0 Å². The maximum absolute atomic E-state index is 5.46. The summed E-state index contributed by atoms with van der Waals surface area (Å²) < 4.78 is 10.9. The molecule has 0 aliphatic rings. The minimum Gasteiger partial charge on any atom is -0.497 e. The van der Waals surface area contributed by atoms with Gasteiger partial charge in [0.2, 0.25) is 0 Å². The zero-order valence-electron chi connectivity index (χ0n) is 26.4. The number of ether oxygens (including phenoxy) is 2. The normalized spacial score (nSPS) is 12.6. The summed E-state index contributed by atoms with van der Waals surface area (Å²) in [6.07, 6.45) is 3.78. The van der Waals surface area contributed by atoms with Crippen molar-refractivity contribution in [1.29, 1.82) is 0 Å². The minimum absolute atomic E-state index is 0.846. The molecule has 0 saturated carbocycles. The molecule has 0 saturated heterocycles. The van der Waals surface area contributed by atoms with Crippen LogP contribution in [0.3, 0.4) is 0 Å². The maximum Gasteiger partial charge on any atom is 0.128 e. The van der Waals surface area contributed by atoms with E-state index in [1.807, 2.05) is 48.8 Å². The molecule has 0 bridgehead atoms. The molecule has 0 fully saturated rings. The van der Waals surface area contributed by atoms with Crippen LogP contribution in [0.2, 0.25) is 26.2 Å². The van der Waals surface area contributed by atoms with Crippen LogP contribution in [0, 0.1) is 0 Å². The lowest BCUT2D eigenvalue weighted by molar-refractivity contribution is 0.414. The molecule has 0 unspecified atom stereocenters. The summed E-state index contributed by atoms with van der Waals surface area (Å²) in [5.41, 5.74) is 12.0. The smallest absolute Gasteiger partial charge is 0.128 e. The third kappa shape index (κ3) is 7.15. The van der Waals surface area contributed by atoms with Gasteiger partial charge in [-0.3, -0.25) is 9.97 Å². The predicted molar refractivity (Wildman–Crippen MR) is 189 cm³/mol. The highest BCUT2D eigenvalue weighted by Gasteiger charge is 2.26. The average molecular weight is 613 g/mol. The second kappa shape index (κ2) is 13.4. The molecule has 0 spiro atoms. The zero-order chi connectivity index (χ0) is 31.2. The van der Waals surface area contributed by atoms with Gasteiger partial charge in [-0.25, -0.2) is 0 Å². The topological polar surface area (TPSA) is 44.2 Å². The number of pyridine rings is 2. The molecule has 0 atom stereocenters. The Labute approximate surface area is 263 Å². The fraction of sp³-hybridized carbons (Fsp3) is 0.158. The zero-order valence-corrected chi connectivity index (χ0v) is 28.4. The molecule has 5 rings (SSSR count). The van der Waals surface area contributed by atoms with Crippen molar-refractivity contribution >= 4 is 37.9 Å². The van der Waals surface area contributed by atoms with Gasteiger partial charge in [0.25, 0.3) is 0 Å². The minimum atomic E-state index is -2.03. The number of hydrogen-bond donors (Lipinski definition) is 0. The fourth-order valence-electron chi connectivity index (χ4n) is 5.39. The molecular formula is C38H40N2O2Si2. The SMILES string of the molecule is COc1ccc(/C(=C/[Si](C)(C)c2ccccn2)c2ccc(/C(=C\[Si](C)(C)c3ccccn3)c3ccc(OC)cc3)cc2)cc1. The Morgan fingerprint density at radius 3 is 1.07 bits per heavy atom. The van der Waals surface area contributed by atoms with Gasteiger partial charge in [0.05, 0.1) is 14.2 Å². The van der Waals surface area contributed by atoms with Crippen molar-refractivity contribution in [2.45, 2.75) is 26.2 Å². The van der Waals surface area contributed by atoms with Gasteiger partial charge in [0, 0.05) is 23.0 Å². The Hall–Kier alpha value is -4.53. The van der Waals surface area contributed by atoms with E-state index in [9.17, 15) is 0 Å². The Morgan fingerprint density at radius 1 is 0.477 bits per heavy atom. The Morgan fingerprint density at radius 2 is 0.795 bits per heavy atom. The van der Waals surface area contributed by atoms with Crippen molar-refractivity contribution in [2.75, 3.05) is 14.2 Å². The van der Waals surface area contributed by atoms with Gasteiger partial charge < -0.3 is 9.47 Å². The van der Waals surface area contributed by atoms with E-state index in [2.05, 4.69) is 110 Å². The highest BCUT2D eigenvalue weighted by molar-refractivity contribution is 6.94. The molecule has 0 amide bonds. The van der Waals surface area contributed by atoms with Crippen molar-refractivity contribution in [1.82, 2.24) is 9.97 Å². The predicted octanol–water partition coefficient (Wildman–Crippen LogP) is 7.67. The fourth-order valence-corrected chi connectivity index (χ4v) is 9.67. The van der Waals surface area contributed by atoms with E-state index < -0.39 is 16.1 Å². The monoisotopic (exact) mass is 612 g/mol. The van der Waals surface area contributed by atoms with Gasteiger partial charge in [-0.1, -0.05) is 98.3 Å². The van der Waals surface area contributed by atoms with E-state index in [-0.39, 0.29) is 0 Å². The molecule has 2 heterocycles. The molecule has 3 aromatic carbocycles. The summed E-state index contributed by atoms with van der Waals surface area (Å²) in [7, 11) is -0.647. The Bertz CT molecular complexity index is 1600. The summed E-state index contributed by atoms with van der Waals surface area (Å²) in [6.45, 7) is 9.40. The number of hydrogen-bond acceptors (Lipinski definition) is 4. The van der Waals surface area contributed by atoms with Crippen LogP contribution in [0.25, 0.3) is 11.1 Å². The summed E-state index contributed by atoms with van der Waals surface area (Å²) >= 11 is 0. The van der Waals surface area contributed by atoms with Crippen molar-refractivity contribution in [3.05, 3.63) is 155 Å². The van der Waals surface area contributed by atoms with Crippen molar-refractivity contribution < 1.29 is 9.47 Å². The number of nitrogens with zero attached hydrogens (tertiary/aromatic N) is 2. The highest BCUT2D eigenvalue weighted by atomic mass is 28.3. The van der Waals surface area contributed by atoms with E-state index >= 15 is 0 Å². The van der Waals surface area contributed by atoms with Gasteiger partial charge in [0.1, 0.15) is 27.6 Å². The summed E-state index contributed by atoms with van der Waals surface area (Å²) in [5.74, 6) is 1.69. The first kappa shape index (κ1) is 30.9. The summed E-state index contributed by atoms with van der Waals surface area (Å²) in [5, 5.41) is 2.32. The number of methoxy groups -OCH3 is 2. The molecule has 4 nitrogen and oxygen atoms in total. The molecule has 222 valence electrons. The Kier molecular flexibility index (Phi) is 9.42. The third-order valence-corrected chi connectivity index (χ3v) is 13.2. The quantitative estimate of drug-likeness (QED) is 0.152. The highest BCUT2D eigenvalue weighted by Crippen LogP contribution is 2.32. The number of rotatable bonds is 10. The van der Waals surface area contributed by atoms with Crippen molar-refractivity contribution in [3.8, 4) is 11.5 Å². The standard InChI is InChI=1S/C38H40N2O2Si2/c1-41-33-21-17-31(18-22-33)35(27-43(3,4)37-11-7-9-25-39-37)29-13-15-30(16-14-29)36(32-19-23-34(42-2)24-20-32)28-44(5,6)38-12-8-10-26-40-38/h7-28H,1-6H3/b35-27+,36-28+. The molecule has 5 aromatic rings. The molecule has 2 aromatic heterocycles. The number of benzene rings is 3. The third-order valence-electron chi connectivity index (χ3n) is 7.97. The average Bonchev–Trinajstić information content (AvgIpc) is 3.07. The van der Waals surface area contributed by atoms with Crippen LogP contribution in [0.1, 0.15) is 22.3 Å². The van der Waals surface area contributed by atoms with Gasteiger partial charge in [-0.05, 0) is 81.9 Å². The lowest BCUT2D eigenvalue weighted by Crippen LogP contribution is -2.42.